The van der Waals surface area contributed by atoms with Gasteiger partial charge < -0.3 is 5.32 Å². The van der Waals surface area contributed by atoms with E-state index in [-0.39, 0.29) is 11.7 Å². The molecule has 0 bridgehead atoms. The lowest BCUT2D eigenvalue weighted by atomic mass is 9.99. The van der Waals surface area contributed by atoms with E-state index < -0.39 is 0 Å². The summed E-state index contributed by atoms with van der Waals surface area (Å²) in [4.78, 5) is 11.8. The van der Waals surface area contributed by atoms with Gasteiger partial charge in [-0.3, -0.25) is 4.79 Å². The molecule has 0 saturated heterocycles. The third-order valence-corrected chi connectivity index (χ3v) is 3.71. The van der Waals surface area contributed by atoms with Crippen LogP contribution in [0.25, 0.3) is 0 Å². The highest BCUT2D eigenvalue weighted by molar-refractivity contribution is 5.76. The fourth-order valence-corrected chi connectivity index (χ4v) is 2.24. The first-order chi connectivity index (χ1) is 9.67. The Morgan fingerprint density at radius 3 is 2.70 bits per heavy atom. The van der Waals surface area contributed by atoms with Crippen molar-refractivity contribution < 1.29 is 9.18 Å². The van der Waals surface area contributed by atoms with E-state index in [0.717, 1.165) is 13.0 Å². The van der Waals surface area contributed by atoms with E-state index in [1.54, 1.807) is 18.2 Å². The van der Waals surface area contributed by atoms with Gasteiger partial charge in [-0.1, -0.05) is 51.3 Å². The Kier molecular flexibility index (Phi) is 7.93. The van der Waals surface area contributed by atoms with Gasteiger partial charge in [0.25, 0.3) is 0 Å². The molecule has 0 aromatic heterocycles. The van der Waals surface area contributed by atoms with Gasteiger partial charge in [-0.2, -0.15) is 0 Å². The van der Waals surface area contributed by atoms with Crippen molar-refractivity contribution in [2.75, 3.05) is 6.54 Å². The molecule has 1 aromatic carbocycles. The van der Waals surface area contributed by atoms with Gasteiger partial charge in [-0.25, -0.2) is 4.39 Å². The van der Waals surface area contributed by atoms with Gasteiger partial charge in [0.05, 0.1) is 0 Å². The molecule has 0 aliphatic heterocycles. The maximum Gasteiger partial charge on any atom is 0.220 e. The normalized spacial score (nSPS) is 12.2. The number of unbranched alkanes of at least 4 members (excludes halogenated alkanes) is 1. The van der Waals surface area contributed by atoms with Gasteiger partial charge >= 0.3 is 0 Å². The van der Waals surface area contributed by atoms with Crippen LogP contribution < -0.4 is 5.32 Å². The van der Waals surface area contributed by atoms with Crippen LogP contribution >= 0.6 is 0 Å². The Hall–Kier alpha value is -1.38. The number of halogens is 1. The zero-order chi connectivity index (χ0) is 14.8. The third kappa shape index (κ3) is 6.18. The molecule has 1 rings (SSSR count). The van der Waals surface area contributed by atoms with Crippen molar-refractivity contribution in [1.29, 1.82) is 0 Å². The van der Waals surface area contributed by atoms with E-state index >= 15 is 0 Å². The van der Waals surface area contributed by atoms with Gasteiger partial charge in [-0.05, 0) is 30.4 Å². The molecule has 1 unspecified atom stereocenters. The third-order valence-electron chi connectivity index (χ3n) is 3.71. The highest BCUT2D eigenvalue weighted by atomic mass is 19.1. The second-order valence-corrected chi connectivity index (χ2v) is 5.31. The second-order valence-electron chi connectivity index (χ2n) is 5.31. The SMILES string of the molecule is CCCCC(CC)CNC(=O)CCc1ccccc1F. The number of hydrogen-bond donors (Lipinski definition) is 1. The van der Waals surface area contributed by atoms with Crippen LogP contribution in [0.2, 0.25) is 0 Å². The van der Waals surface area contributed by atoms with Crippen LogP contribution in [0, 0.1) is 11.7 Å². The lowest BCUT2D eigenvalue weighted by Crippen LogP contribution is -2.29. The fraction of sp³-hybridized carbons (Fsp3) is 0.588. The van der Waals surface area contributed by atoms with Crippen LogP contribution in [0.3, 0.4) is 0 Å². The summed E-state index contributed by atoms with van der Waals surface area (Å²) in [7, 11) is 0. The minimum Gasteiger partial charge on any atom is -0.356 e. The molecule has 0 aliphatic rings. The number of nitrogens with one attached hydrogen (secondary N) is 1. The summed E-state index contributed by atoms with van der Waals surface area (Å²) in [5.74, 6) is 0.352. The summed E-state index contributed by atoms with van der Waals surface area (Å²) in [6.07, 6.45) is 5.48. The molecule has 1 amide bonds. The number of carbonyl (C=O) groups is 1. The minimum absolute atomic E-state index is 0.0169. The smallest absolute Gasteiger partial charge is 0.220 e. The lowest BCUT2D eigenvalue weighted by molar-refractivity contribution is -0.121. The number of benzene rings is 1. The van der Waals surface area contributed by atoms with Crippen molar-refractivity contribution >= 4 is 5.91 Å². The van der Waals surface area contributed by atoms with Crippen LogP contribution in [0.4, 0.5) is 4.39 Å². The van der Waals surface area contributed by atoms with E-state index in [4.69, 9.17) is 0 Å². The van der Waals surface area contributed by atoms with Crippen molar-refractivity contribution in [2.24, 2.45) is 5.92 Å². The number of aryl methyl sites for hydroxylation is 1. The number of rotatable bonds is 9. The molecule has 20 heavy (non-hydrogen) atoms. The molecule has 0 saturated carbocycles. The standard InChI is InChI=1S/C17H26FNO/c1-3-5-8-14(4-2)13-19-17(20)12-11-15-9-6-7-10-16(15)18/h6-7,9-10,14H,3-5,8,11-13H2,1-2H3,(H,19,20). The van der Waals surface area contributed by atoms with Gasteiger partial charge in [0.2, 0.25) is 5.91 Å². The van der Waals surface area contributed by atoms with Crippen LogP contribution in [0.5, 0.6) is 0 Å². The molecule has 0 fully saturated rings. The first-order valence-corrected chi connectivity index (χ1v) is 7.67. The minimum atomic E-state index is -0.227. The Bertz CT molecular complexity index is 406. The number of carbonyl (C=O) groups excluding carboxylic acids is 1. The van der Waals surface area contributed by atoms with E-state index in [9.17, 15) is 9.18 Å². The molecular formula is C17H26FNO. The number of hydrogen-bond acceptors (Lipinski definition) is 1. The number of amides is 1. The Labute approximate surface area is 121 Å². The quantitative estimate of drug-likeness (QED) is 0.724. The van der Waals surface area contributed by atoms with E-state index in [2.05, 4.69) is 19.2 Å². The molecule has 1 aromatic rings. The second kappa shape index (κ2) is 9.51. The average Bonchev–Trinajstić information content (AvgIpc) is 2.46. The summed E-state index contributed by atoms with van der Waals surface area (Å²) >= 11 is 0. The van der Waals surface area contributed by atoms with Crippen molar-refractivity contribution in [1.82, 2.24) is 5.32 Å². The van der Waals surface area contributed by atoms with E-state index in [0.29, 0.717) is 24.3 Å². The highest BCUT2D eigenvalue weighted by Gasteiger charge is 2.09. The molecule has 1 atom stereocenters. The molecule has 112 valence electrons. The summed E-state index contributed by atoms with van der Waals surface area (Å²) in [5, 5.41) is 2.97. The van der Waals surface area contributed by atoms with Crippen LogP contribution in [0.1, 0.15) is 51.5 Å². The van der Waals surface area contributed by atoms with Crippen LogP contribution in [0.15, 0.2) is 24.3 Å². The van der Waals surface area contributed by atoms with Crippen LogP contribution in [-0.2, 0) is 11.2 Å². The zero-order valence-corrected chi connectivity index (χ0v) is 12.6. The Morgan fingerprint density at radius 1 is 1.30 bits per heavy atom. The van der Waals surface area contributed by atoms with Crippen molar-refractivity contribution in [2.45, 2.75) is 52.4 Å². The first-order valence-electron chi connectivity index (χ1n) is 7.67. The summed E-state index contributed by atoms with van der Waals surface area (Å²) in [6.45, 7) is 5.08. The van der Waals surface area contributed by atoms with Gasteiger partial charge in [-0.15, -0.1) is 0 Å². The highest BCUT2D eigenvalue weighted by Crippen LogP contribution is 2.12. The fourth-order valence-electron chi connectivity index (χ4n) is 2.24. The van der Waals surface area contributed by atoms with Crippen molar-refractivity contribution in [3.63, 3.8) is 0 Å². The summed E-state index contributed by atoms with van der Waals surface area (Å²) in [6, 6.07) is 6.64. The maximum absolute atomic E-state index is 13.4. The van der Waals surface area contributed by atoms with Crippen LogP contribution in [-0.4, -0.2) is 12.5 Å². The van der Waals surface area contributed by atoms with Crippen molar-refractivity contribution in [3.8, 4) is 0 Å². The first kappa shape index (κ1) is 16.7. The van der Waals surface area contributed by atoms with E-state index in [1.807, 2.05) is 0 Å². The lowest BCUT2D eigenvalue weighted by Gasteiger charge is -2.15. The molecule has 0 aliphatic carbocycles. The average molecular weight is 279 g/mol. The Morgan fingerprint density at radius 2 is 2.05 bits per heavy atom. The summed E-state index contributed by atoms with van der Waals surface area (Å²) in [5.41, 5.74) is 0.612. The molecule has 0 heterocycles. The van der Waals surface area contributed by atoms with Gasteiger partial charge in [0.1, 0.15) is 5.82 Å². The summed E-state index contributed by atoms with van der Waals surface area (Å²) < 4.78 is 13.4. The van der Waals surface area contributed by atoms with Gasteiger partial charge in [0.15, 0.2) is 0 Å². The maximum atomic E-state index is 13.4. The van der Waals surface area contributed by atoms with E-state index in [1.165, 1.54) is 25.3 Å². The molecule has 1 N–H and O–H groups in total. The Balaban J connectivity index is 2.28. The molecule has 2 nitrogen and oxygen atoms in total. The predicted molar refractivity (Wildman–Crippen MR) is 81.0 cm³/mol. The zero-order valence-electron chi connectivity index (χ0n) is 12.6. The molecular weight excluding hydrogens is 253 g/mol. The monoisotopic (exact) mass is 279 g/mol. The molecule has 0 radical (unpaired) electrons. The van der Waals surface area contributed by atoms with Crippen molar-refractivity contribution in [3.05, 3.63) is 35.6 Å². The van der Waals surface area contributed by atoms with Gasteiger partial charge in [0, 0.05) is 13.0 Å². The topological polar surface area (TPSA) is 29.1 Å². The predicted octanol–water partition coefficient (Wildman–Crippen LogP) is 4.09. The molecule has 3 heteroatoms. The molecule has 0 spiro atoms. The largest absolute Gasteiger partial charge is 0.356 e.